The molecule has 0 aromatic heterocycles. The molecule has 0 atom stereocenters. The number of hydrogen-bond acceptors (Lipinski definition) is 3. The summed E-state index contributed by atoms with van der Waals surface area (Å²) in [5, 5.41) is 5.50. The van der Waals surface area contributed by atoms with Crippen LogP contribution in [0.2, 0.25) is 0 Å². The number of nitrogens with one attached hydrogen (secondary N) is 2. The highest BCUT2D eigenvalue weighted by atomic mass is 16.2. The Balaban J connectivity index is 3.70. The van der Waals surface area contributed by atoms with E-state index in [-0.39, 0.29) is 17.4 Å². The zero-order chi connectivity index (χ0) is 12.6. The molecule has 94 valence electrons. The van der Waals surface area contributed by atoms with Crippen LogP contribution in [0.1, 0.15) is 40.0 Å². The maximum absolute atomic E-state index is 11.5. The van der Waals surface area contributed by atoms with Crippen LogP contribution in [0.25, 0.3) is 0 Å². The van der Waals surface area contributed by atoms with Crippen molar-refractivity contribution in [2.24, 2.45) is 5.73 Å². The van der Waals surface area contributed by atoms with Crippen molar-refractivity contribution in [1.82, 2.24) is 10.6 Å². The summed E-state index contributed by atoms with van der Waals surface area (Å²) in [4.78, 5) is 22.6. The van der Waals surface area contributed by atoms with Crippen LogP contribution in [-0.4, -0.2) is 30.4 Å². The van der Waals surface area contributed by atoms with Gasteiger partial charge in [0.15, 0.2) is 0 Å². The zero-order valence-electron chi connectivity index (χ0n) is 10.4. The molecule has 0 aromatic rings. The van der Waals surface area contributed by atoms with Crippen molar-refractivity contribution in [2.75, 3.05) is 13.1 Å². The number of carbonyl (C=O) groups excluding carboxylic acids is 2. The fourth-order valence-electron chi connectivity index (χ4n) is 1.19. The highest BCUT2D eigenvalue weighted by molar-refractivity contribution is 5.79. The average molecular weight is 229 g/mol. The summed E-state index contributed by atoms with van der Waals surface area (Å²) in [5.41, 5.74) is 5.12. The molecule has 0 fully saturated rings. The van der Waals surface area contributed by atoms with Crippen molar-refractivity contribution in [1.29, 1.82) is 0 Å². The number of rotatable bonds is 7. The second kappa shape index (κ2) is 7.22. The molecular weight excluding hydrogens is 206 g/mol. The summed E-state index contributed by atoms with van der Waals surface area (Å²) < 4.78 is 0. The zero-order valence-corrected chi connectivity index (χ0v) is 10.4. The van der Waals surface area contributed by atoms with Crippen LogP contribution in [-0.2, 0) is 9.59 Å². The maximum Gasteiger partial charge on any atom is 0.220 e. The van der Waals surface area contributed by atoms with Gasteiger partial charge in [-0.3, -0.25) is 9.59 Å². The minimum Gasteiger partial charge on any atom is -0.356 e. The first-order valence-corrected chi connectivity index (χ1v) is 5.69. The summed E-state index contributed by atoms with van der Waals surface area (Å²) in [7, 11) is 0. The third-order valence-electron chi connectivity index (χ3n) is 2.17. The molecule has 5 heteroatoms. The van der Waals surface area contributed by atoms with E-state index < -0.39 is 0 Å². The van der Waals surface area contributed by atoms with Crippen molar-refractivity contribution in [3.8, 4) is 0 Å². The van der Waals surface area contributed by atoms with Gasteiger partial charge in [0, 0.05) is 31.5 Å². The van der Waals surface area contributed by atoms with Gasteiger partial charge in [-0.05, 0) is 27.2 Å². The highest BCUT2D eigenvalue weighted by Gasteiger charge is 2.17. The molecule has 0 aliphatic rings. The van der Waals surface area contributed by atoms with E-state index in [0.29, 0.717) is 32.4 Å². The van der Waals surface area contributed by atoms with Crippen LogP contribution >= 0.6 is 0 Å². The lowest BCUT2D eigenvalue weighted by Crippen LogP contribution is -2.48. The van der Waals surface area contributed by atoms with E-state index in [1.54, 1.807) is 0 Å². The fraction of sp³-hybridized carbons (Fsp3) is 0.818. The fourth-order valence-corrected chi connectivity index (χ4v) is 1.19. The molecule has 4 N–H and O–H groups in total. The van der Waals surface area contributed by atoms with Gasteiger partial charge in [0.25, 0.3) is 0 Å². The molecule has 16 heavy (non-hydrogen) atoms. The Morgan fingerprint density at radius 1 is 1.19 bits per heavy atom. The second-order valence-corrected chi connectivity index (χ2v) is 4.44. The minimum absolute atomic E-state index is 0.00612. The van der Waals surface area contributed by atoms with Crippen LogP contribution in [0.4, 0.5) is 0 Å². The average Bonchev–Trinajstić information content (AvgIpc) is 2.17. The van der Waals surface area contributed by atoms with E-state index in [1.807, 2.05) is 20.8 Å². The number of amides is 2. The van der Waals surface area contributed by atoms with Crippen LogP contribution in [0.5, 0.6) is 0 Å². The molecule has 0 heterocycles. The SMILES string of the molecule is CCNC(=O)CCCC(=O)NC(C)(C)CN. The van der Waals surface area contributed by atoms with E-state index in [9.17, 15) is 9.59 Å². The molecule has 0 bridgehead atoms. The van der Waals surface area contributed by atoms with Crippen LogP contribution in [0.3, 0.4) is 0 Å². The van der Waals surface area contributed by atoms with E-state index in [1.165, 1.54) is 0 Å². The molecule has 5 nitrogen and oxygen atoms in total. The quantitative estimate of drug-likeness (QED) is 0.581. The normalized spacial score (nSPS) is 11.0. The lowest BCUT2D eigenvalue weighted by Gasteiger charge is -2.24. The highest BCUT2D eigenvalue weighted by Crippen LogP contribution is 2.01. The summed E-state index contributed by atoms with van der Waals surface area (Å²) in [5.74, 6) is -0.0619. The van der Waals surface area contributed by atoms with Gasteiger partial charge in [0.2, 0.25) is 11.8 Å². The Hall–Kier alpha value is -1.10. The van der Waals surface area contributed by atoms with Crippen molar-refractivity contribution in [3.05, 3.63) is 0 Å². The second-order valence-electron chi connectivity index (χ2n) is 4.44. The summed E-state index contributed by atoms with van der Waals surface area (Å²) in [6, 6.07) is 0. The molecule has 0 radical (unpaired) electrons. The van der Waals surface area contributed by atoms with Gasteiger partial charge in [-0.15, -0.1) is 0 Å². The molecule has 0 spiro atoms. The van der Waals surface area contributed by atoms with Gasteiger partial charge in [-0.2, -0.15) is 0 Å². The number of nitrogens with two attached hydrogens (primary N) is 1. The summed E-state index contributed by atoms with van der Waals surface area (Å²) in [6.07, 6.45) is 1.32. The first kappa shape index (κ1) is 14.9. The summed E-state index contributed by atoms with van der Waals surface area (Å²) >= 11 is 0. The maximum atomic E-state index is 11.5. The molecule has 0 unspecified atom stereocenters. The van der Waals surface area contributed by atoms with E-state index in [4.69, 9.17) is 5.73 Å². The van der Waals surface area contributed by atoms with Crippen molar-refractivity contribution < 1.29 is 9.59 Å². The molecular formula is C11H23N3O2. The smallest absolute Gasteiger partial charge is 0.220 e. The molecule has 0 rings (SSSR count). The lowest BCUT2D eigenvalue weighted by atomic mass is 10.1. The van der Waals surface area contributed by atoms with Gasteiger partial charge < -0.3 is 16.4 Å². The lowest BCUT2D eigenvalue weighted by molar-refractivity contribution is -0.123. The Labute approximate surface area is 97.2 Å². The Morgan fingerprint density at radius 2 is 1.75 bits per heavy atom. The molecule has 2 amide bonds. The molecule has 0 aliphatic heterocycles. The Kier molecular flexibility index (Phi) is 6.72. The first-order chi connectivity index (χ1) is 7.41. The van der Waals surface area contributed by atoms with Crippen LogP contribution < -0.4 is 16.4 Å². The van der Waals surface area contributed by atoms with E-state index in [0.717, 1.165) is 0 Å². The van der Waals surface area contributed by atoms with Gasteiger partial charge in [0.1, 0.15) is 0 Å². The predicted molar refractivity (Wildman–Crippen MR) is 63.8 cm³/mol. The number of hydrogen-bond donors (Lipinski definition) is 3. The van der Waals surface area contributed by atoms with Crippen molar-refractivity contribution in [2.45, 2.75) is 45.6 Å². The molecule has 0 aliphatic carbocycles. The third kappa shape index (κ3) is 7.23. The monoisotopic (exact) mass is 229 g/mol. The Morgan fingerprint density at radius 3 is 2.25 bits per heavy atom. The molecule has 0 saturated carbocycles. The topological polar surface area (TPSA) is 84.2 Å². The molecule has 0 aromatic carbocycles. The predicted octanol–water partition coefficient (Wildman–Crippen LogP) is 0.146. The van der Waals surface area contributed by atoms with E-state index in [2.05, 4.69) is 10.6 Å². The van der Waals surface area contributed by atoms with Crippen LogP contribution in [0, 0.1) is 0 Å². The van der Waals surface area contributed by atoms with Crippen molar-refractivity contribution >= 4 is 11.8 Å². The third-order valence-corrected chi connectivity index (χ3v) is 2.17. The Bertz CT molecular complexity index is 239. The first-order valence-electron chi connectivity index (χ1n) is 5.69. The van der Waals surface area contributed by atoms with Gasteiger partial charge in [-0.25, -0.2) is 0 Å². The number of carbonyl (C=O) groups is 2. The largest absolute Gasteiger partial charge is 0.356 e. The van der Waals surface area contributed by atoms with Gasteiger partial charge in [-0.1, -0.05) is 0 Å². The van der Waals surface area contributed by atoms with Crippen molar-refractivity contribution in [3.63, 3.8) is 0 Å². The van der Waals surface area contributed by atoms with E-state index >= 15 is 0 Å². The summed E-state index contributed by atoms with van der Waals surface area (Å²) in [6.45, 7) is 6.64. The van der Waals surface area contributed by atoms with Gasteiger partial charge >= 0.3 is 0 Å². The van der Waals surface area contributed by atoms with Crippen LogP contribution in [0.15, 0.2) is 0 Å². The van der Waals surface area contributed by atoms with Gasteiger partial charge in [0.05, 0.1) is 0 Å². The minimum atomic E-state index is -0.372. The standard InChI is InChI=1S/C11H23N3O2/c1-4-13-9(15)6-5-7-10(16)14-11(2,3)8-12/h4-8,12H2,1-3H3,(H,13,15)(H,14,16). The molecule has 0 saturated heterocycles.